The highest BCUT2D eigenvalue weighted by Gasteiger charge is 2.17. The molecule has 24 heavy (non-hydrogen) atoms. The van der Waals surface area contributed by atoms with E-state index in [1.54, 1.807) is 13.0 Å². The number of nitrogens with one attached hydrogen (secondary N) is 2. The molecule has 0 aliphatic carbocycles. The summed E-state index contributed by atoms with van der Waals surface area (Å²) in [5, 5.41) is 3.04. The largest absolute Gasteiger partial charge is 0.396 e. The van der Waals surface area contributed by atoms with E-state index in [9.17, 15) is 13.2 Å². The molecule has 0 atom stereocenters. The van der Waals surface area contributed by atoms with Crippen LogP contribution in [0.15, 0.2) is 35.2 Å². The average molecular weight is 388 g/mol. The van der Waals surface area contributed by atoms with E-state index in [1.807, 2.05) is 0 Å². The van der Waals surface area contributed by atoms with Crippen molar-refractivity contribution in [3.63, 3.8) is 0 Å². The molecule has 1 amide bonds. The van der Waals surface area contributed by atoms with Crippen LogP contribution in [0.4, 0.5) is 11.4 Å². The number of halogens is 2. The lowest BCUT2D eigenvalue weighted by Gasteiger charge is -2.11. The van der Waals surface area contributed by atoms with Crippen molar-refractivity contribution >= 4 is 50.5 Å². The summed E-state index contributed by atoms with van der Waals surface area (Å²) in [7, 11) is -2.35. The van der Waals surface area contributed by atoms with Gasteiger partial charge in [-0.1, -0.05) is 29.3 Å². The highest BCUT2D eigenvalue weighted by Crippen LogP contribution is 2.31. The maximum atomic E-state index is 12.5. The van der Waals surface area contributed by atoms with Crippen molar-refractivity contribution in [2.24, 2.45) is 0 Å². The topological polar surface area (TPSA) is 101 Å². The smallest absolute Gasteiger partial charge is 0.255 e. The van der Waals surface area contributed by atoms with Crippen LogP contribution < -0.4 is 15.8 Å². The number of hydrogen-bond acceptors (Lipinski definition) is 4. The lowest BCUT2D eigenvalue weighted by Crippen LogP contribution is -2.20. The van der Waals surface area contributed by atoms with E-state index in [0.717, 1.165) is 0 Å². The number of aryl methyl sites for hydroxylation is 1. The van der Waals surface area contributed by atoms with Crippen LogP contribution in [-0.2, 0) is 10.0 Å². The van der Waals surface area contributed by atoms with Crippen molar-refractivity contribution in [2.45, 2.75) is 11.8 Å². The van der Waals surface area contributed by atoms with Gasteiger partial charge in [-0.25, -0.2) is 13.1 Å². The summed E-state index contributed by atoms with van der Waals surface area (Å²) >= 11 is 11.9. The van der Waals surface area contributed by atoms with Crippen LogP contribution in [0.3, 0.4) is 0 Å². The Morgan fingerprint density at radius 1 is 1.12 bits per heavy atom. The average Bonchev–Trinajstić information content (AvgIpc) is 2.52. The van der Waals surface area contributed by atoms with Gasteiger partial charge in [-0.15, -0.1) is 0 Å². The minimum absolute atomic E-state index is 0.00544. The predicted octanol–water partition coefficient (Wildman–Crippen LogP) is 3.04. The van der Waals surface area contributed by atoms with Gasteiger partial charge in [0.05, 0.1) is 20.6 Å². The first-order chi connectivity index (χ1) is 11.2. The molecule has 4 N–H and O–H groups in total. The fourth-order valence-corrected chi connectivity index (χ4v) is 3.23. The Morgan fingerprint density at radius 2 is 1.71 bits per heavy atom. The first-order valence-corrected chi connectivity index (χ1v) is 8.99. The zero-order valence-corrected chi connectivity index (χ0v) is 15.2. The molecule has 128 valence electrons. The van der Waals surface area contributed by atoms with Crippen LogP contribution in [0.5, 0.6) is 0 Å². The van der Waals surface area contributed by atoms with Crippen LogP contribution in [0, 0.1) is 6.92 Å². The third kappa shape index (κ3) is 3.81. The number of benzene rings is 2. The van der Waals surface area contributed by atoms with Crippen LogP contribution in [0.2, 0.25) is 10.0 Å². The molecule has 0 spiro atoms. The molecule has 0 aliphatic rings. The minimum atomic E-state index is -3.65. The van der Waals surface area contributed by atoms with Crippen LogP contribution in [-0.4, -0.2) is 21.4 Å². The number of anilines is 2. The molecule has 9 heteroatoms. The molecule has 0 radical (unpaired) electrons. The Morgan fingerprint density at radius 3 is 2.25 bits per heavy atom. The molecular weight excluding hydrogens is 373 g/mol. The third-order valence-electron chi connectivity index (χ3n) is 3.37. The molecule has 0 aromatic heterocycles. The van der Waals surface area contributed by atoms with Crippen molar-refractivity contribution in [1.29, 1.82) is 0 Å². The Labute approximate surface area is 150 Å². The summed E-state index contributed by atoms with van der Waals surface area (Å²) in [5.74, 6) is -0.488. The van der Waals surface area contributed by atoms with Gasteiger partial charge in [0.2, 0.25) is 10.0 Å². The van der Waals surface area contributed by atoms with Crippen LogP contribution in [0.25, 0.3) is 0 Å². The lowest BCUT2D eigenvalue weighted by atomic mass is 10.1. The van der Waals surface area contributed by atoms with Crippen molar-refractivity contribution < 1.29 is 13.2 Å². The summed E-state index contributed by atoms with van der Waals surface area (Å²) in [6, 6.07) is 7.21. The van der Waals surface area contributed by atoms with Gasteiger partial charge in [0.25, 0.3) is 5.91 Å². The molecule has 0 saturated carbocycles. The Bertz CT molecular complexity index is 891. The molecule has 0 fully saturated rings. The molecule has 2 rings (SSSR count). The van der Waals surface area contributed by atoms with E-state index in [-0.39, 0.29) is 26.2 Å². The molecule has 0 heterocycles. The van der Waals surface area contributed by atoms with Crippen molar-refractivity contribution in [3.05, 3.63) is 51.5 Å². The lowest BCUT2D eigenvalue weighted by molar-refractivity contribution is 0.102. The van der Waals surface area contributed by atoms with Gasteiger partial charge < -0.3 is 11.1 Å². The summed E-state index contributed by atoms with van der Waals surface area (Å²) in [6.45, 7) is 1.70. The first-order valence-electron chi connectivity index (χ1n) is 6.76. The molecule has 2 aromatic rings. The van der Waals surface area contributed by atoms with E-state index < -0.39 is 15.9 Å². The SMILES string of the molecule is CNS(=O)(=O)c1ccc(C)c(C(=O)Nc2cc(Cl)c(N)c(Cl)c2)c1. The summed E-state index contributed by atoms with van der Waals surface area (Å²) in [4.78, 5) is 12.5. The number of sulfonamides is 1. The maximum absolute atomic E-state index is 12.5. The summed E-state index contributed by atoms with van der Waals surface area (Å²) in [5.41, 5.74) is 7.06. The highest BCUT2D eigenvalue weighted by atomic mass is 35.5. The number of hydrogen-bond donors (Lipinski definition) is 3. The second-order valence-electron chi connectivity index (χ2n) is 4.99. The second-order valence-corrected chi connectivity index (χ2v) is 7.69. The van der Waals surface area contributed by atoms with Crippen LogP contribution in [0.1, 0.15) is 15.9 Å². The third-order valence-corrected chi connectivity index (χ3v) is 5.41. The van der Waals surface area contributed by atoms with Gasteiger partial charge in [0.15, 0.2) is 0 Å². The highest BCUT2D eigenvalue weighted by molar-refractivity contribution is 7.89. The molecule has 0 bridgehead atoms. The second kappa shape index (κ2) is 6.98. The van der Waals surface area contributed by atoms with Crippen molar-refractivity contribution in [3.8, 4) is 0 Å². The molecule has 2 aromatic carbocycles. The standard InChI is InChI=1S/C15H15Cl2N3O3S/c1-8-3-4-10(24(22,23)19-2)7-11(8)15(21)20-9-5-12(16)14(18)13(17)6-9/h3-7,19H,18H2,1-2H3,(H,20,21). The van der Waals surface area contributed by atoms with Gasteiger partial charge >= 0.3 is 0 Å². The Hall–Kier alpha value is -1.80. The monoisotopic (exact) mass is 387 g/mol. The number of nitrogen functional groups attached to an aromatic ring is 1. The number of amides is 1. The van der Waals surface area contributed by atoms with E-state index in [2.05, 4.69) is 10.0 Å². The van der Waals surface area contributed by atoms with Gasteiger partial charge in [-0.2, -0.15) is 0 Å². The van der Waals surface area contributed by atoms with E-state index >= 15 is 0 Å². The van der Waals surface area contributed by atoms with Crippen molar-refractivity contribution in [1.82, 2.24) is 4.72 Å². The molecule has 0 saturated heterocycles. The van der Waals surface area contributed by atoms with Crippen molar-refractivity contribution in [2.75, 3.05) is 18.1 Å². The van der Waals surface area contributed by atoms with Gasteiger partial charge in [0.1, 0.15) is 0 Å². The van der Waals surface area contributed by atoms with E-state index in [0.29, 0.717) is 11.3 Å². The van der Waals surface area contributed by atoms with Gasteiger partial charge in [-0.3, -0.25) is 4.79 Å². The quantitative estimate of drug-likeness (QED) is 0.701. The zero-order valence-electron chi connectivity index (χ0n) is 12.9. The van der Waals surface area contributed by atoms with Gasteiger partial charge in [-0.05, 0) is 43.8 Å². The number of carbonyl (C=O) groups is 1. The maximum Gasteiger partial charge on any atom is 0.255 e. The number of rotatable bonds is 4. The first kappa shape index (κ1) is 18.5. The predicted molar refractivity (Wildman–Crippen MR) is 96.3 cm³/mol. The van der Waals surface area contributed by atoms with Gasteiger partial charge in [0, 0.05) is 11.3 Å². The zero-order chi connectivity index (χ0) is 18.1. The Balaban J connectivity index is 2.38. The molecule has 0 aliphatic heterocycles. The summed E-state index contributed by atoms with van der Waals surface area (Å²) < 4.78 is 26.0. The normalized spacial score (nSPS) is 11.3. The van der Waals surface area contributed by atoms with Crippen LogP contribution >= 0.6 is 23.2 Å². The van der Waals surface area contributed by atoms with E-state index in [4.69, 9.17) is 28.9 Å². The summed E-state index contributed by atoms with van der Waals surface area (Å²) in [6.07, 6.45) is 0. The number of nitrogens with two attached hydrogens (primary N) is 1. The molecule has 6 nitrogen and oxygen atoms in total. The number of carbonyl (C=O) groups excluding carboxylic acids is 1. The van der Waals surface area contributed by atoms with E-state index in [1.165, 1.54) is 31.3 Å². The molecular formula is C15H15Cl2N3O3S. The Kier molecular flexibility index (Phi) is 5.39. The fourth-order valence-electron chi connectivity index (χ4n) is 1.99. The fraction of sp³-hybridized carbons (Fsp3) is 0.133. The molecule has 0 unspecified atom stereocenters. The minimum Gasteiger partial charge on any atom is -0.396 e.